The minimum atomic E-state index is 0.278. The van der Waals surface area contributed by atoms with Gasteiger partial charge in [0.05, 0.1) is 0 Å². The lowest BCUT2D eigenvalue weighted by atomic mass is 10.0. The van der Waals surface area contributed by atoms with E-state index in [1.54, 1.807) is 0 Å². The van der Waals surface area contributed by atoms with Gasteiger partial charge in [-0.05, 0) is 25.5 Å². The fourth-order valence-electron chi connectivity index (χ4n) is 4.48. The third-order valence-corrected chi connectivity index (χ3v) is 6.69. The minimum absolute atomic E-state index is 0.278. The molecular formula is C30H61NO. The minimum Gasteiger partial charge on any atom is -0.396 e. The maximum absolute atomic E-state index is 8.70. The molecule has 2 nitrogen and oxygen atoms in total. The maximum Gasteiger partial charge on any atom is 0.0447 e. The predicted octanol–water partition coefficient (Wildman–Crippen LogP) is 9.85. The Kier molecular flexibility index (Phi) is 30.0. The van der Waals surface area contributed by atoms with Gasteiger partial charge in [0.1, 0.15) is 0 Å². The van der Waals surface area contributed by atoms with Gasteiger partial charge in [0.15, 0.2) is 0 Å². The highest BCUT2D eigenvalue weighted by Gasteiger charge is 1.96. The molecule has 0 aliphatic heterocycles. The summed E-state index contributed by atoms with van der Waals surface area (Å²) in [4.78, 5) is 0. The van der Waals surface area contributed by atoms with Gasteiger partial charge in [-0.2, -0.15) is 0 Å². The highest BCUT2D eigenvalue weighted by atomic mass is 16.3. The highest BCUT2D eigenvalue weighted by molar-refractivity contribution is 4.78. The summed E-state index contributed by atoms with van der Waals surface area (Å²) in [6.45, 7) is 3.46. The van der Waals surface area contributed by atoms with Crippen molar-refractivity contribution < 1.29 is 5.11 Å². The Bertz CT molecular complexity index is 342. The highest BCUT2D eigenvalue weighted by Crippen LogP contribution is 2.15. The van der Waals surface area contributed by atoms with Crippen molar-refractivity contribution in [3.63, 3.8) is 0 Å². The molecule has 0 heterocycles. The van der Waals surface area contributed by atoms with Crippen LogP contribution in [0.1, 0.15) is 167 Å². The van der Waals surface area contributed by atoms with Gasteiger partial charge in [-0.3, -0.25) is 0 Å². The molecule has 0 aromatic rings. The molecule has 0 atom stereocenters. The van der Waals surface area contributed by atoms with Crippen LogP contribution < -0.4 is 5.32 Å². The smallest absolute Gasteiger partial charge is 0.0447 e. The van der Waals surface area contributed by atoms with Crippen LogP contribution in [0.25, 0.3) is 0 Å². The Labute approximate surface area is 203 Å². The number of hydrogen-bond donors (Lipinski definition) is 2. The van der Waals surface area contributed by atoms with E-state index < -0.39 is 0 Å². The summed E-state index contributed by atoms with van der Waals surface area (Å²) in [5.41, 5.74) is 0. The maximum atomic E-state index is 8.70. The van der Waals surface area contributed by atoms with Crippen LogP contribution >= 0.6 is 0 Å². The summed E-state index contributed by atoms with van der Waals surface area (Å²) in [6, 6.07) is 0. The van der Waals surface area contributed by atoms with Crippen LogP contribution in [0.2, 0.25) is 0 Å². The lowest BCUT2D eigenvalue weighted by molar-refractivity contribution is 0.288. The molecule has 32 heavy (non-hydrogen) atoms. The lowest BCUT2D eigenvalue weighted by Crippen LogP contribution is -2.07. The fourth-order valence-corrected chi connectivity index (χ4v) is 4.48. The Hall–Kier alpha value is -0.500. The van der Waals surface area contributed by atoms with Gasteiger partial charge >= 0.3 is 0 Å². The number of unbranched alkanes of at least 4 members (excludes halogenated alkanes) is 23. The predicted molar refractivity (Wildman–Crippen MR) is 145 cm³/mol. The Morgan fingerprint density at radius 1 is 0.469 bits per heavy atom. The molecule has 0 fully saturated rings. The van der Waals surface area contributed by atoms with E-state index in [0.717, 1.165) is 13.0 Å². The van der Waals surface area contributed by atoms with Gasteiger partial charge in [0.2, 0.25) is 0 Å². The molecule has 0 saturated carbocycles. The first-order valence-corrected chi connectivity index (χ1v) is 14.9. The summed E-state index contributed by atoms with van der Waals surface area (Å²) in [5, 5.41) is 11.9. The topological polar surface area (TPSA) is 32.3 Å². The number of aliphatic hydroxyl groups excluding tert-OH is 1. The fraction of sp³-hybridized carbons (Fsp3) is 0.933. The van der Waals surface area contributed by atoms with Crippen LogP contribution in [-0.2, 0) is 0 Å². The Balaban J connectivity index is 3.02. The van der Waals surface area contributed by atoms with Gasteiger partial charge in [-0.15, -0.1) is 0 Å². The van der Waals surface area contributed by atoms with E-state index in [9.17, 15) is 0 Å². The zero-order valence-corrected chi connectivity index (χ0v) is 22.2. The van der Waals surface area contributed by atoms with Crippen LogP contribution in [0.3, 0.4) is 0 Å². The van der Waals surface area contributed by atoms with E-state index in [2.05, 4.69) is 18.3 Å². The second-order valence-electron chi connectivity index (χ2n) is 10.0. The number of aliphatic hydroxyl groups is 1. The van der Waals surface area contributed by atoms with Crippen LogP contribution in [-0.4, -0.2) is 18.3 Å². The summed E-state index contributed by atoms with van der Waals surface area (Å²) in [7, 11) is 0. The van der Waals surface area contributed by atoms with E-state index in [4.69, 9.17) is 5.11 Å². The zero-order chi connectivity index (χ0) is 23.2. The molecule has 0 bridgehead atoms. The van der Waals surface area contributed by atoms with Crippen molar-refractivity contribution in [1.82, 2.24) is 5.32 Å². The number of rotatable bonds is 28. The third-order valence-electron chi connectivity index (χ3n) is 6.69. The average molecular weight is 452 g/mol. The molecule has 0 saturated heterocycles. The van der Waals surface area contributed by atoms with Gasteiger partial charge in [-0.25, -0.2) is 0 Å². The van der Waals surface area contributed by atoms with E-state index >= 15 is 0 Å². The number of nitrogens with one attached hydrogen (secondary N) is 1. The molecule has 2 heteroatoms. The summed E-state index contributed by atoms with van der Waals surface area (Å²) < 4.78 is 0. The quantitative estimate of drug-likeness (QED) is 0.116. The number of allylic oxidation sites excluding steroid dienone is 1. The zero-order valence-electron chi connectivity index (χ0n) is 22.2. The first kappa shape index (κ1) is 31.5. The molecule has 0 aromatic heterocycles. The van der Waals surface area contributed by atoms with Crippen molar-refractivity contribution in [1.29, 1.82) is 0 Å². The van der Waals surface area contributed by atoms with Crippen molar-refractivity contribution in [3.8, 4) is 0 Å². The Morgan fingerprint density at radius 3 is 1.16 bits per heavy atom. The van der Waals surface area contributed by atoms with E-state index in [-0.39, 0.29) is 6.61 Å². The molecule has 0 spiro atoms. The van der Waals surface area contributed by atoms with Crippen molar-refractivity contribution >= 4 is 0 Å². The molecule has 0 aliphatic rings. The molecule has 0 rings (SSSR count). The third kappa shape index (κ3) is 29.5. The van der Waals surface area contributed by atoms with E-state index in [1.807, 2.05) is 6.20 Å². The van der Waals surface area contributed by atoms with Crippen molar-refractivity contribution in [2.45, 2.75) is 167 Å². The lowest BCUT2D eigenvalue weighted by Gasteiger charge is -2.04. The van der Waals surface area contributed by atoms with Crippen molar-refractivity contribution in [3.05, 3.63) is 12.3 Å². The standard InChI is InChI=1S/C30H61NO/c1-2-3-4-5-6-7-8-9-10-11-12-13-14-15-16-17-18-19-20-21-22-23-24-25-26-28-31-29-27-30-32/h26,28,31-32H,2-25,27,29-30H2,1H3. The molecule has 0 aromatic carbocycles. The molecule has 0 aliphatic carbocycles. The van der Waals surface area contributed by atoms with Crippen LogP contribution in [0.4, 0.5) is 0 Å². The average Bonchev–Trinajstić information content (AvgIpc) is 2.81. The van der Waals surface area contributed by atoms with Crippen LogP contribution in [0, 0.1) is 0 Å². The van der Waals surface area contributed by atoms with Crippen molar-refractivity contribution in [2.75, 3.05) is 13.2 Å². The molecule has 192 valence electrons. The van der Waals surface area contributed by atoms with Crippen molar-refractivity contribution in [2.24, 2.45) is 0 Å². The Morgan fingerprint density at radius 2 is 0.812 bits per heavy atom. The first-order chi connectivity index (χ1) is 15.9. The van der Waals surface area contributed by atoms with Gasteiger partial charge in [0, 0.05) is 13.2 Å². The molecular weight excluding hydrogens is 390 g/mol. The molecule has 0 amide bonds. The second kappa shape index (κ2) is 30.5. The largest absolute Gasteiger partial charge is 0.396 e. The van der Waals surface area contributed by atoms with E-state index in [0.29, 0.717) is 0 Å². The molecule has 0 unspecified atom stereocenters. The monoisotopic (exact) mass is 451 g/mol. The van der Waals surface area contributed by atoms with Crippen LogP contribution in [0.5, 0.6) is 0 Å². The number of hydrogen-bond acceptors (Lipinski definition) is 2. The van der Waals surface area contributed by atoms with Crippen LogP contribution in [0.15, 0.2) is 12.3 Å². The second-order valence-corrected chi connectivity index (χ2v) is 10.0. The van der Waals surface area contributed by atoms with Gasteiger partial charge in [-0.1, -0.05) is 154 Å². The summed E-state index contributed by atoms with van der Waals surface area (Å²) in [5.74, 6) is 0. The summed E-state index contributed by atoms with van der Waals surface area (Å²) in [6.07, 6.45) is 39.6. The SMILES string of the molecule is CCCCCCCCCCCCCCCCCCCCCCCCCC=CNCCCO. The van der Waals surface area contributed by atoms with Gasteiger partial charge in [0.25, 0.3) is 0 Å². The normalized spacial score (nSPS) is 11.6. The van der Waals surface area contributed by atoms with E-state index in [1.165, 1.54) is 154 Å². The first-order valence-electron chi connectivity index (χ1n) is 14.9. The van der Waals surface area contributed by atoms with Gasteiger partial charge < -0.3 is 10.4 Å². The molecule has 0 radical (unpaired) electrons. The summed E-state index contributed by atoms with van der Waals surface area (Å²) >= 11 is 0. The molecule has 2 N–H and O–H groups in total.